The van der Waals surface area contributed by atoms with Gasteiger partial charge in [-0.1, -0.05) is 43.1 Å². The van der Waals surface area contributed by atoms with Gasteiger partial charge >= 0.3 is 5.97 Å². The van der Waals surface area contributed by atoms with Crippen molar-refractivity contribution in [1.82, 2.24) is 9.78 Å². The van der Waals surface area contributed by atoms with Gasteiger partial charge in [-0.15, -0.1) is 0 Å². The zero-order valence-corrected chi connectivity index (χ0v) is 21.2. The standard InChI is InChI=1S/C25H23Cl2FN4O4/c1-13(2)22(30)25(34)35-12-32-24(33)14(3)6-18(31-32)9-16-4-5-20(27)23(21(16)28)36-19-8-15(11-29)7-17(26)10-19/h4-8,10,13,22H,9,12,30H2,1-3H3. The van der Waals surface area contributed by atoms with Crippen LogP contribution >= 0.6 is 23.2 Å². The van der Waals surface area contributed by atoms with Crippen molar-refractivity contribution >= 4 is 29.2 Å². The number of rotatable bonds is 8. The molecule has 0 saturated carbocycles. The highest BCUT2D eigenvalue weighted by Gasteiger charge is 2.20. The van der Waals surface area contributed by atoms with E-state index in [1.54, 1.807) is 20.8 Å². The van der Waals surface area contributed by atoms with Crippen LogP contribution < -0.4 is 16.0 Å². The maximum atomic E-state index is 15.4. The molecule has 0 saturated heterocycles. The Morgan fingerprint density at radius 3 is 2.64 bits per heavy atom. The number of aromatic nitrogens is 2. The minimum Gasteiger partial charge on any atom is -0.453 e. The number of benzene rings is 2. The number of carbonyl (C=O) groups excluding carboxylic acids is 1. The van der Waals surface area contributed by atoms with Gasteiger partial charge in [0.15, 0.2) is 18.3 Å². The van der Waals surface area contributed by atoms with E-state index in [0.29, 0.717) is 11.3 Å². The van der Waals surface area contributed by atoms with Crippen molar-refractivity contribution in [2.75, 3.05) is 0 Å². The molecule has 0 amide bonds. The number of hydrogen-bond donors (Lipinski definition) is 1. The number of nitriles is 1. The Balaban J connectivity index is 1.88. The Hall–Kier alpha value is -3.45. The molecule has 1 heterocycles. The van der Waals surface area contributed by atoms with E-state index in [1.165, 1.54) is 36.4 Å². The number of esters is 1. The summed E-state index contributed by atoms with van der Waals surface area (Å²) in [6, 6.07) is 9.83. The van der Waals surface area contributed by atoms with Crippen LogP contribution in [-0.4, -0.2) is 21.8 Å². The van der Waals surface area contributed by atoms with Gasteiger partial charge in [0.25, 0.3) is 5.56 Å². The van der Waals surface area contributed by atoms with Crippen LogP contribution in [0.2, 0.25) is 10.0 Å². The van der Waals surface area contributed by atoms with Crippen LogP contribution in [0, 0.1) is 30.0 Å². The maximum absolute atomic E-state index is 15.4. The topological polar surface area (TPSA) is 120 Å². The van der Waals surface area contributed by atoms with E-state index in [0.717, 1.165) is 4.68 Å². The quantitative estimate of drug-likeness (QED) is 0.416. The van der Waals surface area contributed by atoms with Crippen LogP contribution in [-0.2, 0) is 22.7 Å². The summed E-state index contributed by atoms with van der Waals surface area (Å²) in [4.78, 5) is 24.5. The van der Waals surface area contributed by atoms with Gasteiger partial charge in [0.2, 0.25) is 0 Å². The molecule has 0 aliphatic heterocycles. The fourth-order valence-electron chi connectivity index (χ4n) is 3.21. The highest BCUT2D eigenvalue weighted by molar-refractivity contribution is 6.32. The highest BCUT2D eigenvalue weighted by atomic mass is 35.5. The number of hydrogen-bond acceptors (Lipinski definition) is 7. The summed E-state index contributed by atoms with van der Waals surface area (Å²) in [6.07, 6.45) is -0.0150. The molecule has 3 rings (SSSR count). The molecular formula is C25H23Cl2FN4O4. The molecule has 188 valence electrons. The first-order chi connectivity index (χ1) is 17.0. The summed E-state index contributed by atoms with van der Waals surface area (Å²) in [5.41, 5.74) is 6.42. The molecular weight excluding hydrogens is 510 g/mol. The maximum Gasteiger partial charge on any atom is 0.324 e. The number of carbonyl (C=O) groups is 1. The Bertz CT molecular complexity index is 1400. The molecule has 3 aromatic rings. The number of aryl methyl sites for hydroxylation is 1. The van der Waals surface area contributed by atoms with E-state index >= 15 is 4.39 Å². The van der Waals surface area contributed by atoms with Gasteiger partial charge in [0.05, 0.1) is 22.3 Å². The zero-order valence-electron chi connectivity index (χ0n) is 19.7. The molecule has 0 fully saturated rings. The Labute approximate surface area is 217 Å². The summed E-state index contributed by atoms with van der Waals surface area (Å²) in [7, 11) is 0. The Morgan fingerprint density at radius 2 is 1.97 bits per heavy atom. The fourth-order valence-corrected chi connectivity index (χ4v) is 3.62. The lowest BCUT2D eigenvalue weighted by molar-refractivity contribution is -0.150. The second kappa shape index (κ2) is 11.5. The van der Waals surface area contributed by atoms with Crippen molar-refractivity contribution < 1.29 is 18.7 Å². The van der Waals surface area contributed by atoms with Crippen LogP contribution in [0.25, 0.3) is 0 Å². The van der Waals surface area contributed by atoms with Crippen molar-refractivity contribution in [2.45, 2.75) is 40.0 Å². The van der Waals surface area contributed by atoms with Crippen molar-refractivity contribution in [1.29, 1.82) is 5.26 Å². The molecule has 0 aliphatic carbocycles. The van der Waals surface area contributed by atoms with Crippen molar-refractivity contribution in [3.05, 3.63) is 85.0 Å². The molecule has 8 nitrogen and oxygen atoms in total. The number of nitrogens with zero attached hydrogens (tertiary/aromatic N) is 3. The molecule has 1 unspecified atom stereocenters. The minimum absolute atomic E-state index is 0.0113. The fraction of sp³-hybridized carbons (Fsp3) is 0.280. The second-order valence-corrected chi connectivity index (χ2v) is 9.25. The summed E-state index contributed by atoms with van der Waals surface area (Å²) in [6.45, 7) is 4.69. The average molecular weight is 533 g/mol. The van der Waals surface area contributed by atoms with Gasteiger partial charge < -0.3 is 15.2 Å². The normalized spacial score (nSPS) is 11.8. The van der Waals surface area contributed by atoms with E-state index in [-0.39, 0.29) is 45.0 Å². The molecule has 0 aliphatic rings. The monoisotopic (exact) mass is 532 g/mol. The zero-order chi connectivity index (χ0) is 26.6. The predicted octanol–water partition coefficient (Wildman–Crippen LogP) is 4.74. The van der Waals surface area contributed by atoms with E-state index < -0.39 is 30.1 Å². The summed E-state index contributed by atoms with van der Waals surface area (Å²) >= 11 is 12.2. The SMILES string of the molecule is Cc1cc(Cc2ccc(Cl)c(Oc3cc(Cl)cc(C#N)c3)c2F)nn(COC(=O)C(N)C(C)C)c1=O. The molecule has 0 bridgehead atoms. The Kier molecular flexibility index (Phi) is 8.69. The van der Waals surface area contributed by atoms with Crippen LogP contribution in [0.15, 0.2) is 41.2 Å². The van der Waals surface area contributed by atoms with Crippen LogP contribution in [0.4, 0.5) is 4.39 Å². The second-order valence-electron chi connectivity index (χ2n) is 8.40. The first-order valence-corrected chi connectivity index (χ1v) is 11.6. The van der Waals surface area contributed by atoms with Gasteiger partial charge in [-0.2, -0.15) is 15.0 Å². The molecule has 0 spiro atoms. The van der Waals surface area contributed by atoms with Crippen LogP contribution in [0.3, 0.4) is 0 Å². The first kappa shape index (κ1) is 27.1. The predicted molar refractivity (Wildman–Crippen MR) is 133 cm³/mol. The van der Waals surface area contributed by atoms with Gasteiger partial charge in [-0.3, -0.25) is 9.59 Å². The van der Waals surface area contributed by atoms with E-state index in [2.05, 4.69) is 5.10 Å². The van der Waals surface area contributed by atoms with Crippen LogP contribution in [0.5, 0.6) is 11.5 Å². The molecule has 1 atom stereocenters. The number of halogens is 3. The molecule has 11 heteroatoms. The summed E-state index contributed by atoms with van der Waals surface area (Å²) in [5, 5.41) is 13.6. The molecule has 1 aromatic heterocycles. The van der Waals surface area contributed by atoms with E-state index in [9.17, 15) is 9.59 Å². The third kappa shape index (κ3) is 6.40. The van der Waals surface area contributed by atoms with Gasteiger partial charge in [-0.05, 0) is 48.7 Å². The largest absolute Gasteiger partial charge is 0.453 e. The van der Waals surface area contributed by atoms with Gasteiger partial charge in [0.1, 0.15) is 11.8 Å². The van der Waals surface area contributed by atoms with Crippen molar-refractivity contribution in [2.24, 2.45) is 11.7 Å². The number of ether oxygens (including phenoxy) is 2. The van der Waals surface area contributed by atoms with Crippen molar-refractivity contribution in [3.63, 3.8) is 0 Å². The van der Waals surface area contributed by atoms with Crippen molar-refractivity contribution in [3.8, 4) is 17.6 Å². The highest BCUT2D eigenvalue weighted by Crippen LogP contribution is 2.35. The molecule has 0 radical (unpaired) electrons. The lowest BCUT2D eigenvalue weighted by Crippen LogP contribution is -2.38. The third-order valence-electron chi connectivity index (χ3n) is 5.24. The van der Waals surface area contributed by atoms with Crippen LogP contribution in [0.1, 0.15) is 36.2 Å². The minimum atomic E-state index is -0.838. The summed E-state index contributed by atoms with van der Waals surface area (Å²) in [5.74, 6) is -1.65. The Morgan fingerprint density at radius 1 is 1.25 bits per heavy atom. The smallest absolute Gasteiger partial charge is 0.324 e. The number of nitrogens with two attached hydrogens (primary N) is 1. The molecule has 36 heavy (non-hydrogen) atoms. The van der Waals surface area contributed by atoms with Gasteiger partial charge in [-0.25, -0.2) is 4.39 Å². The first-order valence-electron chi connectivity index (χ1n) is 10.9. The molecule has 2 N–H and O–H groups in total. The van der Waals surface area contributed by atoms with Gasteiger partial charge in [0, 0.05) is 17.0 Å². The lowest BCUT2D eigenvalue weighted by atomic mass is 10.1. The lowest BCUT2D eigenvalue weighted by Gasteiger charge is -2.15. The third-order valence-corrected chi connectivity index (χ3v) is 5.76. The van der Waals surface area contributed by atoms with E-state index in [4.69, 9.17) is 43.7 Å². The summed E-state index contributed by atoms with van der Waals surface area (Å²) < 4.78 is 27.1. The van der Waals surface area contributed by atoms with E-state index in [1.807, 2.05) is 6.07 Å². The average Bonchev–Trinajstić information content (AvgIpc) is 2.83. The molecule has 2 aromatic carbocycles.